The summed E-state index contributed by atoms with van der Waals surface area (Å²) in [5, 5.41) is 5.39. The third-order valence-electron chi connectivity index (χ3n) is 5.00. The van der Waals surface area contributed by atoms with Gasteiger partial charge in [0.05, 0.1) is 11.4 Å². The lowest BCUT2D eigenvalue weighted by molar-refractivity contribution is -0.131. The average Bonchev–Trinajstić information content (AvgIpc) is 3.40. The van der Waals surface area contributed by atoms with Crippen molar-refractivity contribution in [3.05, 3.63) is 36.2 Å². The molecule has 1 aliphatic carbocycles. The summed E-state index contributed by atoms with van der Waals surface area (Å²) in [5.74, 6) is 2.18. The normalized spacial score (nSPS) is 20.7. The van der Waals surface area contributed by atoms with Crippen molar-refractivity contribution in [1.82, 2.24) is 19.7 Å². The zero-order valence-electron chi connectivity index (χ0n) is 14.6. The minimum absolute atomic E-state index is 0.209. The van der Waals surface area contributed by atoms with Crippen LogP contribution in [0.5, 0.6) is 0 Å². The van der Waals surface area contributed by atoms with Gasteiger partial charge in [-0.2, -0.15) is 0 Å². The minimum atomic E-state index is 0.209. The lowest BCUT2D eigenvalue weighted by Gasteiger charge is -2.33. The largest absolute Gasteiger partial charge is 0.339 e. The molecular weight excluding hydrogens is 332 g/mol. The topological polar surface area (TPSA) is 51.0 Å². The molecule has 1 amide bonds. The number of hydrogen-bond donors (Lipinski definition) is 0. The molecule has 2 aliphatic rings. The van der Waals surface area contributed by atoms with Gasteiger partial charge in [0.1, 0.15) is 5.82 Å². The number of piperidine rings is 1. The van der Waals surface area contributed by atoms with Gasteiger partial charge < -0.3 is 4.90 Å². The highest BCUT2D eigenvalue weighted by Crippen LogP contribution is 2.40. The van der Waals surface area contributed by atoms with Crippen LogP contribution in [0.4, 0.5) is 0 Å². The number of carbonyl (C=O) groups excluding carboxylic acids is 1. The molecule has 1 aromatic heterocycles. The van der Waals surface area contributed by atoms with Crippen molar-refractivity contribution >= 4 is 17.7 Å². The van der Waals surface area contributed by atoms with Crippen LogP contribution in [-0.4, -0.2) is 43.9 Å². The molecule has 1 aliphatic heterocycles. The number of thioether (sulfide) groups is 1. The van der Waals surface area contributed by atoms with Gasteiger partial charge >= 0.3 is 0 Å². The van der Waals surface area contributed by atoms with Crippen LogP contribution in [0.15, 0.2) is 35.5 Å². The summed E-state index contributed by atoms with van der Waals surface area (Å²) in [6.45, 7) is 3.04. The molecule has 1 saturated heterocycles. The Labute approximate surface area is 152 Å². The monoisotopic (exact) mass is 356 g/mol. The molecule has 25 heavy (non-hydrogen) atoms. The summed E-state index contributed by atoms with van der Waals surface area (Å²) in [6.07, 6.45) is 5.82. The van der Waals surface area contributed by atoms with E-state index in [2.05, 4.69) is 24.2 Å². The van der Waals surface area contributed by atoms with Crippen molar-refractivity contribution in [2.75, 3.05) is 12.3 Å². The molecule has 1 aromatic carbocycles. The Kier molecular flexibility index (Phi) is 4.79. The third-order valence-corrected chi connectivity index (χ3v) is 5.83. The number of carbonyl (C=O) groups is 1. The van der Waals surface area contributed by atoms with Gasteiger partial charge in [-0.1, -0.05) is 30.0 Å². The van der Waals surface area contributed by atoms with Crippen molar-refractivity contribution in [1.29, 1.82) is 0 Å². The first-order chi connectivity index (χ1) is 12.2. The highest BCUT2D eigenvalue weighted by Gasteiger charge is 2.31. The molecule has 2 fully saturated rings. The molecule has 4 rings (SSSR count). The van der Waals surface area contributed by atoms with Crippen LogP contribution in [0.25, 0.3) is 5.69 Å². The SMILES string of the molecule is CC1CCCCN1C(=O)CSc1nc(C2CC2)n(-c2ccccc2)n1. The first kappa shape index (κ1) is 16.6. The molecule has 2 aromatic rings. The van der Waals surface area contributed by atoms with Gasteiger partial charge in [-0.25, -0.2) is 9.67 Å². The summed E-state index contributed by atoms with van der Waals surface area (Å²) in [5.41, 5.74) is 1.04. The van der Waals surface area contributed by atoms with Crippen LogP contribution < -0.4 is 0 Å². The highest BCUT2D eigenvalue weighted by atomic mass is 32.2. The molecule has 0 radical (unpaired) electrons. The van der Waals surface area contributed by atoms with E-state index in [-0.39, 0.29) is 5.91 Å². The Morgan fingerprint density at radius 1 is 1.20 bits per heavy atom. The average molecular weight is 356 g/mol. The van der Waals surface area contributed by atoms with Crippen LogP contribution in [0, 0.1) is 0 Å². The van der Waals surface area contributed by atoms with Crippen LogP contribution in [0.1, 0.15) is 50.8 Å². The Bertz CT molecular complexity index is 741. The van der Waals surface area contributed by atoms with E-state index in [1.54, 1.807) is 0 Å². The molecule has 1 unspecified atom stereocenters. The fourth-order valence-electron chi connectivity index (χ4n) is 3.41. The van der Waals surface area contributed by atoms with E-state index in [0.29, 0.717) is 22.9 Å². The molecule has 132 valence electrons. The number of aromatic nitrogens is 3. The van der Waals surface area contributed by atoms with Crippen molar-refractivity contribution < 1.29 is 4.79 Å². The Balaban J connectivity index is 1.47. The van der Waals surface area contributed by atoms with E-state index in [4.69, 9.17) is 4.98 Å². The maximum Gasteiger partial charge on any atom is 0.233 e. The predicted molar refractivity (Wildman–Crippen MR) is 99.1 cm³/mol. The quantitative estimate of drug-likeness (QED) is 0.768. The van der Waals surface area contributed by atoms with E-state index in [1.807, 2.05) is 27.8 Å². The summed E-state index contributed by atoms with van der Waals surface area (Å²) in [7, 11) is 0. The summed E-state index contributed by atoms with van der Waals surface area (Å²) < 4.78 is 1.95. The fraction of sp³-hybridized carbons (Fsp3) is 0.526. The van der Waals surface area contributed by atoms with E-state index >= 15 is 0 Å². The number of amides is 1. The second kappa shape index (κ2) is 7.20. The number of benzene rings is 1. The standard InChI is InChI=1S/C19H24N4OS/c1-14-7-5-6-12-22(14)17(24)13-25-19-20-18(15-10-11-15)23(21-19)16-8-3-2-4-9-16/h2-4,8-9,14-15H,5-7,10-13H2,1H3. The van der Waals surface area contributed by atoms with Crippen molar-refractivity contribution in [3.63, 3.8) is 0 Å². The van der Waals surface area contributed by atoms with E-state index < -0.39 is 0 Å². The number of para-hydroxylation sites is 1. The molecule has 2 heterocycles. The lowest BCUT2D eigenvalue weighted by Crippen LogP contribution is -2.42. The molecule has 0 N–H and O–H groups in total. The third kappa shape index (κ3) is 3.73. The number of nitrogens with zero attached hydrogens (tertiary/aromatic N) is 4. The molecule has 0 spiro atoms. The molecule has 0 bridgehead atoms. The zero-order valence-corrected chi connectivity index (χ0v) is 15.4. The first-order valence-electron chi connectivity index (χ1n) is 9.17. The van der Waals surface area contributed by atoms with E-state index in [9.17, 15) is 4.79 Å². The van der Waals surface area contributed by atoms with Gasteiger partial charge in [0.25, 0.3) is 0 Å². The smallest absolute Gasteiger partial charge is 0.233 e. The van der Waals surface area contributed by atoms with Gasteiger partial charge in [-0.15, -0.1) is 5.10 Å². The van der Waals surface area contributed by atoms with Gasteiger partial charge in [-0.05, 0) is 51.2 Å². The van der Waals surface area contributed by atoms with Crippen LogP contribution in [-0.2, 0) is 4.79 Å². The Morgan fingerprint density at radius 2 is 2.00 bits per heavy atom. The van der Waals surface area contributed by atoms with Gasteiger partial charge in [0.2, 0.25) is 11.1 Å². The van der Waals surface area contributed by atoms with Gasteiger partial charge in [0.15, 0.2) is 0 Å². The van der Waals surface area contributed by atoms with Crippen molar-refractivity contribution in [2.24, 2.45) is 0 Å². The Hall–Kier alpha value is -1.82. The second-order valence-corrected chi connectivity index (χ2v) is 7.94. The van der Waals surface area contributed by atoms with Crippen molar-refractivity contribution in [2.45, 2.75) is 56.1 Å². The minimum Gasteiger partial charge on any atom is -0.339 e. The fourth-order valence-corrected chi connectivity index (χ4v) is 4.12. The molecule has 5 nitrogen and oxygen atoms in total. The van der Waals surface area contributed by atoms with E-state index in [1.165, 1.54) is 31.0 Å². The predicted octanol–water partition coefficient (Wildman–Crippen LogP) is 3.64. The lowest BCUT2D eigenvalue weighted by atomic mass is 10.0. The molecule has 6 heteroatoms. The summed E-state index contributed by atoms with van der Waals surface area (Å²) >= 11 is 1.46. The number of rotatable bonds is 5. The number of likely N-dealkylation sites (tertiary alicyclic amines) is 1. The van der Waals surface area contributed by atoms with Crippen LogP contribution in [0.2, 0.25) is 0 Å². The Morgan fingerprint density at radius 3 is 2.72 bits per heavy atom. The molecular formula is C19H24N4OS. The maximum absolute atomic E-state index is 12.5. The zero-order chi connectivity index (χ0) is 17.2. The molecule has 1 saturated carbocycles. The first-order valence-corrected chi connectivity index (χ1v) is 10.2. The van der Waals surface area contributed by atoms with E-state index in [0.717, 1.165) is 30.9 Å². The van der Waals surface area contributed by atoms with Crippen LogP contribution in [0.3, 0.4) is 0 Å². The van der Waals surface area contributed by atoms with Crippen molar-refractivity contribution in [3.8, 4) is 5.69 Å². The van der Waals surface area contributed by atoms with Crippen LogP contribution >= 0.6 is 11.8 Å². The molecule has 1 atom stereocenters. The maximum atomic E-state index is 12.5. The van der Waals surface area contributed by atoms with Gasteiger partial charge in [0, 0.05) is 18.5 Å². The second-order valence-electron chi connectivity index (χ2n) is 6.99. The highest BCUT2D eigenvalue weighted by molar-refractivity contribution is 7.99. The van der Waals surface area contributed by atoms with Gasteiger partial charge in [-0.3, -0.25) is 4.79 Å². The summed E-state index contributed by atoms with van der Waals surface area (Å²) in [4.78, 5) is 19.3. The number of hydrogen-bond acceptors (Lipinski definition) is 4. The summed E-state index contributed by atoms with van der Waals surface area (Å²) in [6, 6.07) is 10.5.